The van der Waals surface area contributed by atoms with Crippen molar-refractivity contribution >= 4 is 12.4 Å². The van der Waals surface area contributed by atoms with Crippen molar-refractivity contribution in [3.05, 3.63) is 54.1 Å². The van der Waals surface area contributed by atoms with Gasteiger partial charge in [-0.3, -0.25) is 4.79 Å². The number of ether oxygens (including phenoxy) is 2. The summed E-state index contributed by atoms with van der Waals surface area (Å²) < 4.78 is 11.1. The van der Waals surface area contributed by atoms with E-state index in [0.29, 0.717) is 17.9 Å². The van der Waals surface area contributed by atoms with Gasteiger partial charge in [0.05, 0.1) is 6.54 Å². The van der Waals surface area contributed by atoms with Crippen LogP contribution in [0.1, 0.15) is 38.1 Å². The lowest BCUT2D eigenvalue weighted by Gasteiger charge is -2.21. The van der Waals surface area contributed by atoms with Crippen LogP contribution in [0.15, 0.2) is 48.5 Å². The van der Waals surface area contributed by atoms with E-state index in [1.807, 2.05) is 70.2 Å². The smallest absolute Gasteiger partial charge is 0.407 e. The van der Waals surface area contributed by atoms with Crippen LogP contribution in [0, 0.1) is 0 Å². The number of amides is 1. The quantitative estimate of drug-likeness (QED) is 0.777. The summed E-state index contributed by atoms with van der Waals surface area (Å²) in [4.78, 5) is 22.6. The minimum atomic E-state index is -0.529. The van der Waals surface area contributed by atoms with E-state index < -0.39 is 11.7 Å². The molecule has 2 rings (SSSR count). The van der Waals surface area contributed by atoms with Crippen LogP contribution in [0.25, 0.3) is 11.1 Å². The van der Waals surface area contributed by atoms with Gasteiger partial charge in [0.25, 0.3) is 0 Å². The SMILES string of the molecule is CC(CNC(=O)OC(C)(C)C)Oc1cccc(-c2cccc(C=O)c2)c1. The Balaban J connectivity index is 1.97. The average Bonchev–Trinajstić information content (AvgIpc) is 2.59. The first-order valence-corrected chi connectivity index (χ1v) is 8.56. The minimum Gasteiger partial charge on any atom is -0.489 e. The second-order valence-electron chi connectivity index (χ2n) is 7.08. The van der Waals surface area contributed by atoms with Gasteiger partial charge in [0.1, 0.15) is 23.7 Å². The molecule has 0 aromatic heterocycles. The third kappa shape index (κ3) is 6.24. The topological polar surface area (TPSA) is 64.6 Å². The van der Waals surface area contributed by atoms with Crippen LogP contribution >= 0.6 is 0 Å². The van der Waals surface area contributed by atoms with E-state index in [4.69, 9.17) is 9.47 Å². The van der Waals surface area contributed by atoms with E-state index in [2.05, 4.69) is 5.32 Å². The van der Waals surface area contributed by atoms with E-state index in [1.54, 1.807) is 6.07 Å². The molecule has 1 N–H and O–H groups in total. The molecule has 2 aromatic carbocycles. The molecule has 2 aromatic rings. The Morgan fingerprint density at radius 3 is 2.42 bits per heavy atom. The molecule has 1 unspecified atom stereocenters. The Bertz CT molecular complexity index is 765. The summed E-state index contributed by atoms with van der Waals surface area (Å²) in [5, 5.41) is 2.70. The maximum absolute atomic E-state index is 11.7. The molecule has 0 saturated heterocycles. The van der Waals surface area contributed by atoms with Crippen LogP contribution in [0.5, 0.6) is 5.75 Å². The van der Waals surface area contributed by atoms with Crippen molar-refractivity contribution in [2.75, 3.05) is 6.54 Å². The number of carbonyl (C=O) groups excluding carboxylic acids is 2. The van der Waals surface area contributed by atoms with Crippen LogP contribution in [0.3, 0.4) is 0 Å². The zero-order valence-corrected chi connectivity index (χ0v) is 15.6. The van der Waals surface area contributed by atoms with Crippen LogP contribution in [0.2, 0.25) is 0 Å². The van der Waals surface area contributed by atoms with Crippen LogP contribution < -0.4 is 10.1 Å². The highest BCUT2D eigenvalue weighted by atomic mass is 16.6. The molecule has 0 radical (unpaired) electrons. The number of hydrogen-bond acceptors (Lipinski definition) is 4. The van der Waals surface area contributed by atoms with Crippen LogP contribution in [-0.4, -0.2) is 30.6 Å². The highest BCUT2D eigenvalue weighted by Gasteiger charge is 2.16. The van der Waals surface area contributed by atoms with Crippen molar-refractivity contribution in [3.63, 3.8) is 0 Å². The Kier molecular flexibility index (Phi) is 6.39. The third-order valence-electron chi connectivity index (χ3n) is 3.46. The van der Waals surface area contributed by atoms with Crippen molar-refractivity contribution in [1.82, 2.24) is 5.32 Å². The number of rotatable bonds is 6. The number of alkyl carbamates (subject to hydrolysis) is 1. The highest BCUT2D eigenvalue weighted by molar-refractivity contribution is 5.79. The fourth-order valence-electron chi connectivity index (χ4n) is 2.36. The first-order chi connectivity index (χ1) is 12.3. The Hall–Kier alpha value is -2.82. The number of nitrogens with one attached hydrogen (secondary N) is 1. The number of benzene rings is 2. The Labute approximate surface area is 154 Å². The second kappa shape index (κ2) is 8.52. The van der Waals surface area contributed by atoms with Crippen molar-refractivity contribution in [2.45, 2.75) is 39.4 Å². The molecule has 0 heterocycles. The fourth-order valence-corrected chi connectivity index (χ4v) is 2.36. The summed E-state index contributed by atoms with van der Waals surface area (Å²) in [6.07, 6.45) is 0.139. The molecule has 0 aliphatic heterocycles. The predicted octanol–water partition coefficient (Wildman–Crippen LogP) is 4.46. The molecule has 0 aliphatic rings. The molecule has 1 amide bonds. The molecule has 0 aliphatic carbocycles. The molecule has 0 bridgehead atoms. The minimum absolute atomic E-state index is 0.223. The Morgan fingerprint density at radius 1 is 1.12 bits per heavy atom. The van der Waals surface area contributed by atoms with Gasteiger partial charge in [0.2, 0.25) is 0 Å². The summed E-state index contributed by atoms with van der Waals surface area (Å²) >= 11 is 0. The summed E-state index contributed by atoms with van der Waals surface area (Å²) in [5.41, 5.74) is 2.00. The lowest BCUT2D eigenvalue weighted by atomic mass is 10.0. The van der Waals surface area contributed by atoms with E-state index in [9.17, 15) is 9.59 Å². The zero-order chi connectivity index (χ0) is 19.2. The van der Waals surface area contributed by atoms with E-state index in [0.717, 1.165) is 17.4 Å². The molecular formula is C21H25NO4. The van der Waals surface area contributed by atoms with Gasteiger partial charge in [0.15, 0.2) is 0 Å². The lowest BCUT2D eigenvalue weighted by molar-refractivity contribution is 0.0505. The van der Waals surface area contributed by atoms with Crippen molar-refractivity contribution in [3.8, 4) is 16.9 Å². The second-order valence-corrected chi connectivity index (χ2v) is 7.08. The number of hydrogen-bond donors (Lipinski definition) is 1. The molecule has 138 valence electrons. The van der Waals surface area contributed by atoms with Gasteiger partial charge in [-0.1, -0.05) is 30.3 Å². The molecule has 26 heavy (non-hydrogen) atoms. The molecule has 0 saturated carbocycles. The molecule has 0 spiro atoms. The fraction of sp³-hybridized carbons (Fsp3) is 0.333. The van der Waals surface area contributed by atoms with E-state index >= 15 is 0 Å². The van der Waals surface area contributed by atoms with Crippen molar-refractivity contribution in [2.24, 2.45) is 0 Å². The maximum atomic E-state index is 11.7. The van der Waals surface area contributed by atoms with Crippen molar-refractivity contribution in [1.29, 1.82) is 0 Å². The van der Waals surface area contributed by atoms with Crippen LogP contribution in [0.4, 0.5) is 4.79 Å². The van der Waals surface area contributed by atoms with Gasteiger partial charge in [-0.2, -0.15) is 0 Å². The standard InChI is InChI=1S/C21H25NO4/c1-15(13-22-20(24)26-21(2,3)4)25-19-10-6-9-18(12-19)17-8-5-7-16(11-17)14-23/h5-12,14-15H,13H2,1-4H3,(H,22,24). The van der Waals surface area contributed by atoms with Crippen molar-refractivity contribution < 1.29 is 19.1 Å². The largest absolute Gasteiger partial charge is 0.489 e. The average molecular weight is 355 g/mol. The van der Waals surface area contributed by atoms with Gasteiger partial charge in [-0.05, 0) is 57.0 Å². The molecular weight excluding hydrogens is 330 g/mol. The highest BCUT2D eigenvalue weighted by Crippen LogP contribution is 2.25. The predicted molar refractivity (Wildman–Crippen MR) is 102 cm³/mol. The monoisotopic (exact) mass is 355 g/mol. The molecule has 0 fully saturated rings. The first kappa shape index (κ1) is 19.5. The number of carbonyl (C=O) groups is 2. The lowest BCUT2D eigenvalue weighted by Crippen LogP contribution is -2.37. The van der Waals surface area contributed by atoms with Gasteiger partial charge in [-0.15, -0.1) is 0 Å². The van der Waals surface area contributed by atoms with E-state index in [1.165, 1.54) is 0 Å². The normalized spacial score (nSPS) is 12.2. The third-order valence-corrected chi connectivity index (χ3v) is 3.46. The summed E-state index contributed by atoms with van der Waals surface area (Å²) in [5.74, 6) is 0.692. The molecule has 1 atom stereocenters. The first-order valence-electron chi connectivity index (χ1n) is 8.56. The molecule has 5 heteroatoms. The van der Waals surface area contributed by atoms with Gasteiger partial charge in [-0.25, -0.2) is 4.79 Å². The van der Waals surface area contributed by atoms with Crippen LogP contribution in [-0.2, 0) is 4.74 Å². The van der Waals surface area contributed by atoms with Gasteiger partial charge >= 0.3 is 6.09 Å². The number of aldehydes is 1. The summed E-state index contributed by atoms with van der Waals surface area (Å²) in [6.45, 7) is 7.66. The van der Waals surface area contributed by atoms with E-state index in [-0.39, 0.29) is 6.10 Å². The summed E-state index contributed by atoms with van der Waals surface area (Å²) in [6, 6.07) is 15.0. The zero-order valence-electron chi connectivity index (χ0n) is 15.6. The van der Waals surface area contributed by atoms with Gasteiger partial charge < -0.3 is 14.8 Å². The maximum Gasteiger partial charge on any atom is 0.407 e. The van der Waals surface area contributed by atoms with Gasteiger partial charge in [0, 0.05) is 5.56 Å². The summed E-state index contributed by atoms with van der Waals surface area (Å²) in [7, 11) is 0. The Morgan fingerprint density at radius 2 is 1.77 bits per heavy atom. The molecule has 5 nitrogen and oxygen atoms in total.